The van der Waals surface area contributed by atoms with Gasteiger partial charge in [0, 0.05) is 12.1 Å². The molecule has 1 fully saturated rings. The fourth-order valence-electron chi connectivity index (χ4n) is 3.28. The molecule has 0 spiro atoms. The van der Waals surface area contributed by atoms with E-state index in [1.807, 2.05) is 13.0 Å². The molecule has 4 heteroatoms. The second-order valence-electron chi connectivity index (χ2n) is 5.85. The highest BCUT2D eigenvalue weighted by atomic mass is 35.5. The highest BCUT2D eigenvalue weighted by Crippen LogP contribution is 2.35. The van der Waals surface area contributed by atoms with Crippen molar-refractivity contribution in [1.82, 2.24) is 5.43 Å². The molecule has 1 aliphatic carbocycles. The van der Waals surface area contributed by atoms with E-state index < -0.39 is 0 Å². The standard InChI is InChI=1S/C16H25ClN2O/c1-12-6-7-13(14(17)10-12)11-15(19-18)16(20-2)8-4-3-5-9-16/h6-7,10,15,19H,3-5,8-9,11,18H2,1-2H3. The van der Waals surface area contributed by atoms with Crippen LogP contribution >= 0.6 is 11.6 Å². The van der Waals surface area contributed by atoms with Crippen molar-refractivity contribution in [2.75, 3.05) is 7.11 Å². The second kappa shape index (κ2) is 6.90. The van der Waals surface area contributed by atoms with Crippen LogP contribution in [0.5, 0.6) is 0 Å². The van der Waals surface area contributed by atoms with Gasteiger partial charge in [-0.1, -0.05) is 43.0 Å². The summed E-state index contributed by atoms with van der Waals surface area (Å²) in [6.45, 7) is 2.05. The van der Waals surface area contributed by atoms with Gasteiger partial charge in [0.05, 0.1) is 11.6 Å². The summed E-state index contributed by atoms with van der Waals surface area (Å²) in [5.41, 5.74) is 5.11. The van der Waals surface area contributed by atoms with E-state index >= 15 is 0 Å². The third kappa shape index (κ3) is 3.34. The minimum atomic E-state index is -0.165. The second-order valence-corrected chi connectivity index (χ2v) is 6.25. The van der Waals surface area contributed by atoms with Gasteiger partial charge in [-0.25, -0.2) is 0 Å². The van der Waals surface area contributed by atoms with E-state index in [1.165, 1.54) is 24.8 Å². The molecular weight excluding hydrogens is 272 g/mol. The van der Waals surface area contributed by atoms with Crippen LogP contribution in [0.1, 0.15) is 43.2 Å². The number of nitrogens with one attached hydrogen (secondary N) is 1. The molecule has 1 atom stereocenters. The average Bonchev–Trinajstić information content (AvgIpc) is 2.47. The first-order valence-corrected chi connectivity index (χ1v) is 7.75. The fraction of sp³-hybridized carbons (Fsp3) is 0.625. The average molecular weight is 297 g/mol. The number of benzene rings is 1. The van der Waals surface area contributed by atoms with E-state index in [0.29, 0.717) is 0 Å². The predicted octanol–water partition coefficient (Wildman–Crippen LogP) is 3.37. The van der Waals surface area contributed by atoms with Gasteiger partial charge in [-0.15, -0.1) is 0 Å². The molecule has 2 rings (SSSR count). The third-order valence-electron chi connectivity index (χ3n) is 4.58. The van der Waals surface area contributed by atoms with Gasteiger partial charge in [-0.05, 0) is 43.4 Å². The maximum Gasteiger partial charge on any atom is 0.0847 e. The molecule has 1 aliphatic rings. The van der Waals surface area contributed by atoms with Crippen molar-refractivity contribution in [3.8, 4) is 0 Å². The van der Waals surface area contributed by atoms with Crippen LogP contribution in [0.25, 0.3) is 0 Å². The van der Waals surface area contributed by atoms with Crippen molar-refractivity contribution in [2.24, 2.45) is 5.84 Å². The van der Waals surface area contributed by atoms with E-state index in [9.17, 15) is 0 Å². The number of ether oxygens (including phenoxy) is 1. The zero-order valence-electron chi connectivity index (χ0n) is 12.4. The Kier molecular flexibility index (Phi) is 5.44. The van der Waals surface area contributed by atoms with Gasteiger partial charge in [0.25, 0.3) is 0 Å². The molecule has 20 heavy (non-hydrogen) atoms. The first-order chi connectivity index (χ1) is 9.61. The van der Waals surface area contributed by atoms with Crippen molar-refractivity contribution in [2.45, 2.75) is 57.1 Å². The largest absolute Gasteiger partial charge is 0.377 e. The number of methoxy groups -OCH3 is 1. The Bertz CT molecular complexity index is 444. The molecule has 112 valence electrons. The summed E-state index contributed by atoms with van der Waals surface area (Å²) in [7, 11) is 1.80. The fourth-order valence-corrected chi connectivity index (χ4v) is 3.59. The molecule has 0 heterocycles. The Morgan fingerprint density at radius 2 is 2.05 bits per heavy atom. The Hall–Kier alpha value is -0.610. The maximum absolute atomic E-state index is 6.35. The Balaban J connectivity index is 2.18. The number of hydrazine groups is 1. The minimum Gasteiger partial charge on any atom is -0.377 e. The van der Waals surface area contributed by atoms with Gasteiger partial charge in [0.15, 0.2) is 0 Å². The number of nitrogens with two attached hydrogens (primary N) is 1. The van der Waals surface area contributed by atoms with Crippen LogP contribution in [-0.2, 0) is 11.2 Å². The summed E-state index contributed by atoms with van der Waals surface area (Å²) >= 11 is 6.35. The molecule has 1 saturated carbocycles. The van der Waals surface area contributed by atoms with Crippen LogP contribution in [0, 0.1) is 6.92 Å². The summed E-state index contributed by atoms with van der Waals surface area (Å²) in [4.78, 5) is 0. The van der Waals surface area contributed by atoms with Crippen LogP contribution in [0.2, 0.25) is 5.02 Å². The first-order valence-electron chi connectivity index (χ1n) is 7.37. The molecule has 3 N–H and O–H groups in total. The Labute approximate surface area is 126 Å². The number of halogens is 1. The molecule has 0 aromatic heterocycles. The van der Waals surface area contributed by atoms with Crippen LogP contribution in [0.4, 0.5) is 0 Å². The number of hydrogen-bond donors (Lipinski definition) is 2. The number of aryl methyl sites for hydroxylation is 1. The van der Waals surface area contributed by atoms with Crippen molar-refractivity contribution in [3.63, 3.8) is 0 Å². The van der Waals surface area contributed by atoms with E-state index in [0.717, 1.165) is 29.8 Å². The van der Waals surface area contributed by atoms with Crippen molar-refractivity contribution in [3.05, 3.63) is 34.3 Å². The highest BCUT2D eigenvalue weighted by Gasteiger charge is 2.39. The summed E-state index contributed by atoms with van der Waals surface area (Å²) in [6.07, 6.45) is 6.60. The molecule has 1 unspecified atom stereocenters. The molecule has 0 aliphatic heterocycles. The summed E-state index contributed by atoms with van der Waals surface area (Å²) in [5.74, 6) is 5.82. The van der Waals surface area contributed by atoms with E-state index in [4.69, 9.17) is 22.2 Å². The van der Waals surface area contributed by atoms with E-state index in [-0.39, 0.29) is 11.6 Å². The van der Waals surface area contributed by atoms with Crippen molar-refractivity contribution >= 4 is 11.6 Å². The zero-order valence-corrected chi connectivity index (χ0v) is 13.2. The van der Waals surface area contributed by atoms with Crippen LogP contribution in [0.15, 0.2) is 18.2 Å². The summed E-state index contributed by atoms with van der Waals surface area (Å²) in [6, 6.07) is 6.28. The van der Waals surface area contributed by atoms with E-state index in [2.05, 4.69) is 17.6 Å². The maximum atomic E-state index is 6.35. The van der Waals surface area contributed by atoms with Gasteiger partial charge in [0.2, 0.25) is 0 Å². The molecule has 0 bridgehead atoms. The van der Waals surface area contributed by atoms with Gasteiger partial charge in [-0.2, -0.15) is 0 Å². The smallest absolute Gasteiger partial charge is 0.0847 e. The quantitative estimate of drug-likeness (QED) is 0.647. The lowest BCUT2D eigenvalue weighted by atomic mass is 9.77. The molecule has 0 amide bonds. The minimum absolute atomic E-state index is 0.0907. The Morgan fingerprint density at radius 1 is 1.35 bits per heavy atom. The zero-order chi connectivity index (χ0) is 14.6. The topological polar surface area (TPSA) is 47.3 Å². The number of rotatable bonds is 5. The summed E-state index contributed by atoms with van der Waals surface area (Å²) in [5, 5.41) is 0.812. The number of hydrogen-bond acceptors (Lipinski definition) is 3. The molecule has 0 saturated heterocycles. The van der Waals surface area contributed by atoms with Gasteiger partial charge in [0.1, 0.15) is 0 Å². The highest BCUT2D eigenvalue weighted by molar-refractivity contribution is 6.31. The monoisotopic (exact) mass is 296 g/mol. The molecule has 1 aromatic rings. The van der Waals surface area contributed by atoms with Gasteiger partial charge >= 0.3 is 0 Å². The third-order valence-corrected chi connectivity index (χ3v) is 4.93. The SMILES string of the molecule is COC1(C(Cc2ccc(C)cc2Cl)NN)CCCCC1. The molecule has 0 radical (unpaired) electrons. The summed E-state index contributed by atoms with van der Waals surface area (Å²) < 4.78 is 5.88. The molecule has 1 aromatic carbocycles. The van der Waals surface area contributed by atoms with Crippen molar-refractivity contribution < 1.29 is 4.74 Å². The first kappa shape index (κ1) is 15.8. The van der Waals surface area contributed by atoms with Gasteiger partial charge < -0.3 is 4.74 Å². The Morgan fingerprint density at radius 3 is 2.60 bits per heavy atom. The molecular formula is C16H25ClN2O. The molecule has 3 nitrogen and oxygen atoms in total. The van der Waals surface area contributed by atoms with Crippen LogP contribution in [0.3, 0.4) is 0 Å². The lowest BCUT2D eigenvalue weighted by Crippen LogP contribution is -2.56. The van der Waals surface area contributed by atoms with Crippen LogP contribution < -0.4 is 11.3 Å². The van der Waals surface area contributed by atoms with Crippen molar-refractivity contribution in [1.29, 1.82) is 0 Å². The van der Waals surface area contributed by atoms with E-state index in [1.54, 1.807) is 7.11 Å². The lowest BCUT2D eigenvalue weighted by molar-refractivity contribution is -0.0673. The lowest BCUT2D eigenvalue weighted by Gasteiger charge is -2.42. The predicted molar refractivity (Wildman–Crippen MR) is 83.8 cm³/mol. The van der Waals surface area contributed by atoms with Gasteiger partial charge in [-0.3, -0.25) is 11.3 Å². The van der Waals surface area contributed by atoms with Crippen LogP contribution in [-0.4, -0.2) is 18.8 Å². The normalized spacial score (nSPS) is 19.8.